The van der Waals surface area contributed by atoms with E-state index >= 15 is 0 Å². The van der Waals surface area contributed by atoms with Crippen molar-refractivity contribution in [3.8, 4) is 0 Å². The molecular formula is C31H44O. The third kappa shape index (κ3) is 8.26. The Hall–Kier alpha value is -2.41. The number of aryl methyl sites for hydroxylation is 3. The van der Waals surface area contributed by atoms with Crippen LogP contribution in [0, 0.1) is 6.92 Å². The molecule has 0 saturated carbocycles. The lowest BCUT2D eigenvalue weighted by Crippen LogP contribution is -1.98. The molecule has 0 amide bonds. The number of carbonyl (C=O) groups is 1. The predicted octanol–water partition coefficient (Wildman–Crippen LogP) is 9.48. The van der Waals surface area contributed by atoms with Crippen LogP contribution < -0.4 is 0 Å². The van der Waals surface area contributed by atoms with Gasteiger partial charge in [-0.2, -0.15) is 0 Å². The second kappa shape index (κ2) is 15.4. The molecule has 0 unspecified atom stereocenters. The summed E-state index contributed by atoms with van der Waals surface area (Å²) in [6.07, 6.45) is 8.50. The van der Waals surface area contributed by atoms with E-state index < -0.39 is 0 Å². The molecule has 1 heteroatoms. The topological polar surface area (TPSA) is 17.1 Å². The maximum absolute atomic E-state index is 10.5. The molecule has 0 aliphatic carbocycles. The van der Waals surface area contributed by atoms with Crippen LogP contribution in [-0.4, -0.2) is 6.29 Å². The van der Waals surface area contributed by atoms with E-state index in [2.05, 4.69) is 70.2 Å². The molecule has 1 nitrogen and oxygen atoms in total. The van der Waals surface area contributed by atoms with Crippen molar-refractivity contribution in [2.45, 2.75) is 92.9 Å². The average Bonchev–Trinajstić information content (AvgIpc) is 2.83. The number of benzene rings is 3. The number of fused-ring (bicyclic) bond motifs is 1. The Kier molecular flexibility index (Phi) is 13.3. The van der Waals surface area contributed by atoms with Gasteiger partial charge in [0, 0.05) is 5.56 Å². The van der Waals surface area contributed by atoms with E-state index in [1.165, 1.54) is 48.4 Å². The van der Waals surface area contributed by atoms with Gasteiger partial charge in [0.1, 0.15) is 6.29 Å². The first-order chi connectivity index (χ1) is 15.5. The highest BCUT2D eigenvalue weighted by atomic mass is 16.1. The van der Waals surface area contributed by atoms with Gasteiger partial charge in [-0.1, -0.05) is 109 Å². The molecule has 0 spiro atoms. The quantitative estimate of drug-likeness (QED) is 0.256. The molecule has 0 heterocycles. The Morgan fingerprint density at radius 2 is 1.59 bits per heavy atom. The van der Waals surface area contributed by atoms with Gasteiger partial charge in [-0.05, 0) is 71.2 Å². The normalized spacial score (nSPS) is 10.2. The molecule has 0 N–H and O–H groups in total. The third-order valence-electron chi connectivity index (χ3n) is 5.82. The third-order valence-corrected chi connectivity index (χ3v) is 5.82. The highest BCUT2D eigenvalue weighted by Crippen LogP contribution is 2.30. The van der Waals surface area contributed by atoms with Gasteiger partial charge in [-0.15, -0.1) is 0 Å². The maximum atomic E-state index is 10.5. The Labute approximate surface area is 197 Å². The minimum Gasteiger partial charge on any atom is -0.298 e. The van der Waals surface area contributed by atoms with E-state index in [0.717, 1.165) is 23.8 Å². The molecule has 0 bridgehead atoms. The molecule has 0 aromatic heterocycles. The average molecular weight is 433 g/mol. The molecule has 174 valence electrons. The van der Waals surface area contributed by atoms with E-state index in [-0.39, 0.29) is 0 Å². The molecule has 0 aliphatic rings. The van der Waals surface area contributed by atoms with Gasteiger partial charge in [-0.3, -0.25) is 4.79 Å². The zero-order chi connectivity index (χ0) is 23.9. The van der Waals surface area contributed by atoms with Gasteiger partial charge in [-0.25, -0.2) is 0 Å². The van der Waals surface area contributed by atoms with E-state index in [0.29, 0.717) is 5.92 Å². The van der Waals surface area contributed by atoms with Gasteiger partial charge in [0.05, 0.1) is 0 Å². The number of hydrogen-bond acceptors (Lipinski definition) is 1. The number of carbonyl (C=O) groups excluding carboxylic acids is 1. The van der Waals surface area contributed by atoms with Gasteiger partial charge in [0.2, 0.25) is 0 Å². The van der Waals surface area contributed by atoms with Crippen molar-refractivity contribution in [2.75, 3.05) is 0 Å². The van der Waals surface area contributed by atoms with Crippen LogP contribution in [0.25, 0.3) is 10.8 Å². The molecule has 32 heavy (non-hydrogen) atoms. The second-order valence-electron chi connectivity index (χ2n) is 8.49. The predicted molar refractivity (Wildman–Crippen MR) is 143 cm³/mol. The smallest absolute Gasteiger partial charge is 0.150 e. The molecule has 3 aromatic rings. The zero-order valence-electron chi connectivity index (χ0n) is 21.5. The zero-order valence-corrected chi connectivity index (χ0v) is 21.5. The van der Waals surface area contributed by atoms with E-state index in [1.54, 1.807) is 11.1 Å². The van der Waals surface area contributed by atoms with Gasteiger partial charge < -0.3 is 0 Å². The van der Waals surface area contributed by atoms with Crippen molar-refractivity contribution in [1.29, 1.82) is 0 Å². The molecule has 0 fully saturated rings. The fourth-order valence-corrected chi connectivity index (χ4v) is 4.02. The first kappa shape index (κ1) is 27.6. The summed E-state index contributed by atoms with van der Waals surface area (Å²) in [5.41, 5.74) is 6.21. The number of aldehydes is 1. The van der Waals surface area contributed by atoms with Crippen molar-refractivity contribution < 1.29 is 4.79 Å². The van der Waals surface area contributed by atoms with Crippen LogP contribution in [0.2, 0.25) is 0 Å². The highest BCUT2D eigenvalue weighted by Gasteiger charge is 2.10. The standard InChI is InChI=1S/C19H26.C10H12O.C2H6/c1-4-5-6-7-11-17-14-13-16-10-8-9-12-18(16)19(17)15(2)3;1-3-9-5-4-8(2)10(6-9)7-11;1-2/h8-10,12-15H,4-7,11H2,1-3H3;4-7H,3H2,1-2H3;1-2H3. The van der Waals surface area contributed by atoms with Crippen LogP contribution in [0.1, 0.15) is 106 Å². The summed E-state index contributed by atoms with van der Waals surface area (Å²) in [6, 6.07) is 19.4. The van der Waals surface area contributed by atoms with Crippen molar-refractivity contribution in [1.82, 2.24) is 0 Å². The van der Waals surface area contributed by atoms with Crippen LogP contribution >= 0.6 is 0 Å². The SMILES string of the molecule is CC.CCCCCCc1ccc2ccccc2c1C(C)C.CCc1ccc(C)c(C=O)c1. The fourth-order valence-electron chi connectivity index (χ4n) is 4.02. The maximum Gasteiger partial charge on any atom is 0.150 e. The van der Waals surface area contributed by atoms with Crippen LogP contribution in [0.4, 0.5) is 0 Å². The van der Waals surface area contributed by atoms with Crippen LogP contribution in [0.15, 0.2) is 54.6 Å². The Bertz CT molecular complexity index is 936. The summed E-state index contributed by atoms with van der Waals surface area (Å²) < 4.78 is 0. The first-order valence-electron chi connectivity index (χ1n) is 12.6. The number of unbranched alkanes of at least 4 members (excludes halogenated alkanes) is 3. The summed E-state index contributed by atoms with van der Waals surface area (Å²) in [7, 11) is 0. The van der Waals surface area contributed by atoms with Crippen molar-refractivity contribution >= 4 is 17.1 Å². The second-order valence-corrected chi connectivity index (χ2v) is 8.49. The minimum atomic E-state index is 0.604. The van der Waals surface area contributed by atoms with E-state index in [4.69, 9.17) is 0 Å². The largest absolute Gasteiger partial charge is 0.298 e. The lowest BCUT2D eigenvalue weighted by Gasteiger charge is -2.16. The summed E-state index contributed by atoms with van der Waals surface area (Å²) in [4.78, 5) is 10.5. The summed E-state index contributed by atoms with van der Waals surface area (Å²) in [6.45, 7) is 14.9. The van der Waals surface area contributed by atoms with Crippen LogP contribution in [-0.2, 0) is 12.8 Å². The summed E-state index contributed by atoms with van der Waals surface area (Å²) >= 11 is 0. The molecular weight excluding hydrogens is 388 g/mol. The number of hydrogen-bond donors (Lipinski definition) is 0. The summed E-state index contributed by atoms with van der Waals surface area (Å²) in [5.74, 6) is 0.604. The monoisotopic (exact) mass is 432 g/mol. The Balaban J connectivity index is 0.000000335. The molecule has 0 aliphatic heterocycles. The Morgan fingerprint density at radius 1 is 0.875 bits per heavy atom. The number of rotatable bonds is 8. The minimum absolute atomic E-state index is 0.604. The Morgan fingerprint density at radius 3 is 2.22 bits per heavy atom. The molecule has 3 aromatic carbocycles. The van der Waals surface area contributed by atoms with E-state index in [9.17, 15) is 4.79 Å². The van der Waals surface area contributed by atoms with Crippen molar-refractivity contribution in [3.63, 3.8) is 0 Å². The molecule has 0 atom stereocenters. The lowest BCUT2D eigenvalue weighted by atomic mass is 9.89. The van der Waals surface area contributed by atoms with Gasteiger partial charge in [0.15, 0.2) is 0 Å². The van der Waals surface area contributed by atoms with Crippen LogP contribution in [0.3, 0.4) is 0 Å². The lowest BCUT2D eigenvalue weighted by molar-refractivity contribution is 0.112. The van der Waals surface area contributed by atoms with E-state index in [1.807, 2.05) is 32.9 Å². The van der Waals surface area contributed by atoms with Gasteiger partial charge >= 0.3 is 0 Å². The van der Waals surface area contributed by atoms with Crippen molar-refractivity contribution in [3.05, 3.63) is 82.4 Å². The van der Waals surface area contributed by atoms with Gasteiger partial charge in [0.25, 0.3) is 0 Å². The summed E-state index contributed by atoms with van der Waals surface area (Å²) in [5, 5.41) is 2.83. The fraction of sp³-hybridized carbons (Fsp3) is 0.452. The molecule has 3 rings (SSSR count). The van der Waals surface area contributed by atoms with Crippen LogP contribution in [0.5, 0.6) is 0 Å². The van der Waals surface area contributed by atoms with Crippen molar-refractivity contribution in [2.24, 2.45) is 0 Å². The molecule has 0 saturated heterocycles. The highest BCUT2D eigenvalue weighted by molar-refractivity contribution is 5.87. The first-order valence-corrected chi connectivity index (χ1v) is 12.6. The molecule has 0 radical (unpaired) electrons.